The Hall–Kier alpha value is -2.22. The maximum absolute atomic E-state index is 5.74. The number of hydrogen-bond acceptors (Lipinski definition) is 7. The van der Waals surface area contributed by atoms with Crippen molar-refractivity contribution in [2.45, 2.75) is 31.8 Å². The van der Waals surface area contributed by atoms with E-state index in [0.29, 0.717) is 17.9 Å². The summed E-state index contributed by atoms with van der Waals surface area (Å²) in [5, 5.41) is 7.32. The molecule has 0 bridgehead atoms. The molecule has 2 heterocycles. The molecule has 1 saturated carbocycles. The van der Waals surface area contributed by atoms with Crippen LogP contribution in [0, 0.1) is 0 Å². The largest absolute Gasteiger partial charge is 0.368 e. The molecule has 1 aliphatic carbocycles. The van der Waals surface area contributed by atoms with E-state index in [2.05, 4.69) is 44.2 Å². The van der Waals surface area contributed by atoms with Gasteiger partial charge in [-0.2, -0.15) is 20.1 Å². The van der Waals surface area contributed by atoms with Gasteiger partial charge in [0.05, 0.1) is 0 Å². The van der Waals surface area contributed by atoms with E-state index in [4.69, 9.17) is 5.73 Å². The van der Waals surface area contributed by atoms with Gasteiger partial charge < -0.3 is 11.1 Å². The zero-order valence-corrected chi connectivity index (χ0v) is 12.3. The van der Waals surface area contributed by atoms with E-state index in [-0.39, 0.29) is 5.95 Å². The van der Waals surface area contributed by atoms with Crippen LogP contribution >= 0.6 is 0 Å². The number of nitrogens with one attached hydrogen (secondary N) is 1. The molecule has 0 amide bonds. The van der Waals surface area contributed by atoms with Crippen LogP contribution in [0.4, 0.5) is 11.9 Å². The van der Waals surface area contributed by atoms with E-state index in [1.54, 1.807) is 23.1 Å². The topological polar surface area (TPSA) is 97.8 Å². The molecule has 0 aliphatic heterocycles. The molecule has 1 atom stereocenters. The minimum atomic E-state index is 0.182. The van der Waals surface area contributed by atoms with Crippen LogP contribution in [0.25, 0.3) is 5.95 Å². The summed E-state index contributed by atoms with van der Waals surface area (Å²) in [6.45, 7) is 2.94. The average molecular weight is 288 g/mol. The van der Waals surface area contributed by atoms with Gasteiger partial charge in [0.15, 0.2) is 0 Å². The predicted molar refractivity (Wildman–Crippen MR) is 80.1 cm³/mol. The summed E-state index contributed by atoms with van der Waals surface area (Å²) in [6, 6.07) is 2.94. The van der Waals surface area contributed by atoms with Crippen LogP contribution in [0.15, 0.2) is 18.5 Å². The molecule has 3 N–H and O–H groups in total. The Morgan fingerprint density at radius 2 is 2.24 bits per heavy atom. The van der Waals surface area contributed by atoms with Crippen LogP contribution in [0.3, 0.4) is 0 Å². The highest BCUT2D eigenvalue weighted by molar-refractivity contribution is 5.34. The van der Waals surface area contributed by atoms with Crippen molar-refractivity contribution in [1.82, 2.24) is 29.6 Å². The number of aromatic nitrogens is 5. The Balaban J connectivity index is 1.67. The van der Waals surface area contributed by atoms with Crippen molar-refractivity contribution in [2.75, 3.05) is 24.6 Å². The molecule has 2 aromatic rings. The van der Waals surface area contributed by atoms with Crippen LogP contribution in [-0.2, 0) is 0 Å². The number of likely N-dealkylation sites (N-methyl/N-ethyl adjacent to an activating group) is 1. The number of nitrogens with zero attached hydrogens (tertiary/aromatic N) is 6. The molecule has 2 aromatic heterocycles. The minimum absolute atomic E-state index is 0.182. The van der Waals surface area contributed by atoms with Gasteiger partial charge in [0.25, 0.3) is 5.95 Å². The third-order valence-corrected chi connectivity index (χ3v) is 3.72. The Bertz CT molecular complexity index is 592. The summed E-state index contributed by atoms with van der Waals surface area (Å²) in [5.41, 5.74) is 5.74. The first-order valence-electron chi connectivity index (χ1n) is 7.11. The number of rotatable bonds is 6. The Labute approximate surface area is 123 Å². The van der Waals surface area contributed by atoms with Crippen LogP contribution in [0.1, 0.15) is 19.8 Å². The molecule has 1 unspecified atom stereocenters. The second-order valence-corrected chi connectivity index (χ2v) is 5.39. The Kier molecular flexibility index (Phi) is 3.70. The third kappa shape index (κ3) is 3.27. The lowest BCUT2D eigenvalue weighted by atomic mass is 10.3. The van der Waals surface area contributed by atoms with E-state index in [9.17, 15) is 0 Å². The van der Waals surface area contributed by atoms with Crippen LogP contribution in [0.5, 0.6) is 0 Å². The van der Waals surface area contributed by atoms with E-state index in [0.717, 1.165) is 12.6 Å². The molecule has 8 nitrogen and oxygen atoms in total. The number of nitrogen functional groups attached to an aromatic ring is 1. The van der Waals surface area contributed by atoms with Gasteiger partial charge in [-0.05, 0) is 32.9 Å². The van der Waals surface area contributed by atoms with Gasteiger partial charge in [-0.15, -0.1) is 0 Å². The SMILES string of the molecule is CC(CNc1nc(N)nc(-n2cccn2)n1)N(C)C1CC1. The zero-order chi connectivity index (χ0) is 14.8. The molecule has 8 heteroatoms. The molecule has 112 valence electrons. The highest BCUT2D eigenvalue weighted by Crippen LogP contribution is 2.26. The van der Waals surface area contributed by atoms with E-state index >= 15 is 0 Å². The number of anilines is 2. The van der Waals surface area contributed by atoms with Gasteiger partial charge in [0, 0.05) is 31.0 Å². The molecular weight excluding hydrogens is 268 g/mol. The fourth-order valence-corrected chi connectivity index (χ4v) is 2.17. The lowest BCUT2D eigenvalue weighted by Gasteiger charge is -2.24. The van der Waals surface area contributed by atoms with E-state index in [1.807, 2.05) is 0 Å². The fourth-order valence-electron chi connectivity index (χ4n) is 2.17. The molecule has 1 fully saturated rings. The van der Waals surface area contributed by atoms with Gasteiger partial charge in [-0.3, -0.25) is 4.90 Å². The molecule has 0 spiro atoms. The molecule has 0 saturated heterocycles. The van der Waals surface area contributed by atoms with E-state index < -0.39 is 0 Å². The number of nitrogens with two attached hydrogens (primary N) is 1. The minimum Gasteiger partial charge on any atom is -0.368 e. The summed E-state index contributed by atoms with van der Waals surface area (Å²) < 4.78 is 1.56. The van der Waals surface area contributed by atoms with Crippen molar-refractivity contribution in [3.05, 3.63) is 18.5 Å². The second kappa shape index (κ2) is 5.65. The lowest BCUT2D eigenvalue weighted by Crippen LogP contribution is -2.36. The van der Waals surface area contributed by atoms with Gasteiger partial charge in [0.1, 0.15) is 0 Å². The van der Waals surface area contributed by atoms with Crippen LogP contribution < -0.4 is 11.1 Å². The van der Waals surface area contributed by atoms with Crippen molar-refractivity contribution in [2.24, 2.45) is 0 Å². The van der Waals surface area contributed by atoms with Crippen molar-refractivity contribution in [3.63, 3.8) is 0 Å². The molecule has 3 rings (SSSR count). The summed E-state index contributed by atoms with van der Waals surface area (Å²) in [4.78, 5) is 14.9. The van der Waals surface area contributed by atoms with Gasteiger partial charge in [-0.1, -0.05) is 0 Å². The van der Waals surface area contributed by atoms with Crippen molar-refractivity contribution in [1.29, 1.82) is 0 Å². The van der Waals surface area contributed by atoms with Gasteiger partial charge in [-0.25, -0.2) is 4.68 Å². The highest BCUT2D eigenvalue weighted by atomic mass is 15.4. The first-order valence-corrected chi connectivity index (χ1v) is 7.11. The van der Waals surface area contributed by atoms with Crippen molar-refractivity contribution in [3.8, 4) is 5.95 Å². The van der Waals surface area contributed by atoms with Gasteiger partial charge in [0.2, 0.25) is 11.9 Å². The molecule has 21 heavy (non-hydrogen) atoms. The highest BCUT2D eigenvalue weighted by Gasteiger charge is 2.28. The predicted octanol–water partition coefficient (Wildman–Crippen LogP) is 0.534. The fraction of sp³-hybridized carbons (Fsp3) is 0.538. The molecule has 0 radical (unpaired) electrons. The van der Waals surface area contributed by atoms with Crippen LogP contribution in [0.2, 0.25) is 0 Å². The van der Waals surface area contributed by atoms with Crippen molar-refractivity contribution < 1.29 is 0 Å². The summed E-state index contributed by atoms with van der Waals surface area (Å²) in [7, 11) is 2.15. The maximum atomic E-state index is 5.74. The lowest BCUT2D eigenvalue weighted by molar-refractivity contribution is 0.257. The third-order valence-electron chi connectivity index (χ3n) is 3.72. The Morgan fingerprint density at radius 1 is 1.43 bits per heavy atom. The summed E-state index contributed by atoms with van der Waals surface area (Å²) in [5.74, 6) is 1.07. The monoisotopic (exact) mass is 288 g/mol. The quantitative estimate of drug-likeness (QED) is 0.800. The van der Waals surface area contributed by atoms with Gasteiger partial charge >= 0.3 is 0 Å². The summed E-state index contributed by atoms with van der Waals surface area (Å²) >= 11 is 0. The first-order chi connectivity index (χ1) is 10.1. The summed E-state index contributed by atoms with van der Waals surface area (Å²) in [6.07, 6.45) is 6.02. The smallest absolute Gasteiger partial charge is 0.257 e. The second-order valence-electron chi connectivity index (χ2n) is 5.39. The van der Waals surface area contributed by atoms with E-state index in [1.165, 1.54) is 12.8 Å². The first kappa shape index (κ1) is 13.7. The van der Waals surface area contributed by atoms with Crippen LogP contribution in [-0.4, -0.2) is 55.3 Å². The number of hydrogen-bond donors (Lipinski definition) is 2. The molecular formula is C13H20N8. The van der Waals surface area contributed by atoms with Crippen molar-refractivity contribution >= 4 is 11.9 Å². The zero-order valence-electron chi connectivity index (χ0n) is 12.3. The Morgan fingerprint density at radius 3 is 2.90 bits per heavy atom. The normalized spacial score (nSPS) is 16.1. The average Bonchev–Trinajstić information content (AvgIpc) is 3.17. The maximum Gasteiger partial charge on any atom is 0.257 e. The molecule has 1 aliphatic rings. The standard InChI is InChI=1S/C13H20N8/c1-9(20(2)10-4-5-10)8-15-12-17-11(14)18-13(19-12)21-7-3-6-16-21/h3,6-7,9-10H,4-5,8H2,1-2H3,(H3,14,15,17,18,19). The molecule has 0 aromatic carbocycles.